The summed E-state index contributed by atoms with van der Waals surface area (Å²) in [6, 6.07) is 0. The van der Waals surface area contributed by atoms with Crippen molar-refractivity contribution >= 4 is 15.9 Å². The van der Waals surface area contributed by atoms with Crippen LogP contribution in [0.25, 0.3) is 0 Å². The molecule has 1 aliphatic carbocycles. The first-order valence-electron chi connectivity index (χ1n) is 6.67. The quantitative estimate of drug-likeness (QED) is 0.735. The zero-order valence-corrected chi connectivity index (χ0v) is 11.6. The first-order chi connectivity index (χ1) is 7.88. The Hall–Kier alpha value is 0.400. The molecule has 0 radical (unpaired) electrons. The molecular weight excluding hydrogens is 268 g/mol. The van der Waals surface area contributed by atoms with Crippen molar-refractivity contribution in [1.29, 1.82) is 0 Å². The Balaban J connectivity index is 1.59. The molecule has 0 aromatic carbocycles. The molecule has 2 rings (SSSR count). The van der Waals surface area contributed by atoms with E-state index in [1.807, 2.05) is 0 Å². The van der Waals surface area contributed by atoms with E-state index in [1.165, 1.54) is 43.9 Å². The van der Waals surface area contributed by atoms with Gasteiger partial charge in [-0.1, -0.05) is 15.9 Å². The molecule has 1 unspecified atom stereocenters. The SMILES string of the molecule is BrCC1CCC(COC2CCCCO2)CC1. The Labute approximate surface area is 107 Å². The van der Waals surface area contributed by atoms with Crippen LogP contribution in [0.4, 0.5) is 0 Å². The Kier molecular flexibility index (Phi) is 5.60. The molecule has 0 amide bonds. The van der Waals surface area contributed by atoms with E-state index in [0.29, 0.717) is 0 Å². The van der Waals surface area contributed by atoms with Gasteiger partial charge in [0.25, 0.3) is 0 Å². The fourth-order valence-electron chi connectivity index (χ4n) is 2.64. The molecule has 0 aromatic heterocycles. The molecule has 1 atom stereocenters. The topological polar surface area (TPSA) is 18.5 Å². The van der Waals surface area contributed by atoms with Gasteiger partial charge in [0.05, 0.1) is 6.61 Å². The molecule has 2 aliphatic rings. The lowest BCUT2D eigenvalue weighted by Crippen LogP contribution is -2.26. The fraction of sp³-hybridized carbons (Fsp3) is 1.00. The van der Waals surface area contributed by atoms with E-state index in [2.05, 4.69) is 15.9 Å². The van der Waals surface area contributed by atoms with Crippen LogP contribution in [0.1, 0.15) is 44.9 Å². The van der Waals surface area contributed by atoms with Crippen LogP contribution in [0.5, 0.6) is 0 Å². The van der Waals surface area contributed by atoms with Gasteiger partial charge in [0.2, 0.25) is 0 Å². The van der Waals surface area contributed by atoms with Crippen molar-refractivity contribution in [2.45, 2.75) is 51.2 Å². The zero-order valence-electron chi connectivity index (χ0n) is 10.00. The van der Waals surface area contributed by atoms with Crippen LogP contribution in [0.3, 0.4) is 0 Å². The summed E-state index contributed by atoms with van der Waals surface area (Å²) in [5, 5.41) is 1.17. The van der Waals surface area contributed by atoms with Crippen LogP contribution >= 0.6 is 15.9 Å². The summed E-state index contributed by atoms with van der Waals surface area (Å²) >= 11 is 3.58. The zero-order chi connectivity index (χ0) is 11.2. The second-order valence-corrected chi connectivity index (χ2v) is 5.82. The van der Waals surface area contributed by atoms with E-state index < -0.39 is 0 Å². The lowest BCUT2D eigenvalue weighted by molar-refractivity contribution is -0.170. The monoisotopic (exact) mass is 290 g/mol. The predicted molar refractivity (Wildman–Crippen MR) is 68.8 cm³/mol. The number of ether oxygens (including phenoxy) is 2. The third kappa shape index (κ3) is 4.01. The van der Waals surface area contributed by atoms with Crippen molar-refractivity contribution < 1.29 is 9.47 Å². The van der Waals surface area contributed by atoms with E-state index in [1.54, 1.807) is 0 Å². The second kappa shape index (κ2) is 6.97. The number of hydrogen-bond acceptors (Lipinski definition) is 2. The third-order valence-electron chi connectivity index (χ3n) is 3.84. The number of alkyl halides is 1. The normalized spacial score (nSPS) is 36.2. The average Bonchev–Trinajstić information content (AvgIpc) is 2.38. The third-order valence-corrected chi connectivity index (χ3v) is 4.76. The summed E-state index contributed by atoms with van der Waals surface area (Å²) in [6.45, 7) is 1.81. The largest absolute Gasteiger partial charge is 0.353 e. The fourth-order valence-corrected chi connectivity index (χ4v) is 3.29. The van der Waals surface area contributed by atoms with Crippen LogP contribution in [0, 0.1) is 11.8 Å². The molecule has 1 heterocycles. The molecule has 0 N–H and O–H groups in total. The molecule has 3 heteroatoms. The average molecular weight is 291 g/mol. The lowest BCUT2D eigenvalue weighted by atomic mass is 9.83. The molecule has 2 nitrogen and oxygen atoms in total. The molecule has 94 valence electrons. The number of hydrogen-bond donors (Lipinski definition) is 0. The van der Waals surface area contributed by atoms with Gasteiger partial charge in [-0.25, -0.2) is 0 Å². The van der Waals surface area contributed by atoms with Gasteiger partial charge in [-0.3, -0.25) is 0 Å². The van der Waals surface area contributed by atoms with Gasteiger partial charge in [0, 0.05) is 11.9 Å². The van der Waals surface area contributed by atoms with Crippen molar-refractivity contribution in [3.05, 3.63) is 0 Å². The molecule has 0 aromatic rings. The van der Waals surface area contributed by atoms with Crippen molar-refractivity contribution in [2.24, 2.45) is 11.8 Å². The van der Waals surface area contributed by atoms with Crippen LogP contribution in [0.15, 0.2) is 0 Å². The van der Waals surface area contributed by atoms with E-state index in [9.17, 15) is 0 Å². The minimum atomic E-state index is 0.0997. The molecule has 2 fully saturated rings. The maximum Gasteiger partial charge on any atom is 0.157 e. The Morgan fingerprint density at radius 3 is 2.38 bits per heavy atom. The van der Waals surface area contributed by atoms with E-state index in [0.717, 1.165) is 31.5 Å². The minimum Gasteiger partial charge on any atom is -0.353 e. The molecule has 1 saturated heterocycles. The first-order valence-corrected chi connectivity index (χ1v) is 7.80. The summed E-state index contributed by atoms with van der Waals surface area (Å²) in [6.07, 6.45) is 9.07. The van der Waals surface area contributed by atoms with Gasteiger partial charge in [-0.2, -0.15) is 0 Å². The van der Waals surface area contributed by atoms with Crippen molar-refractivity contribution in [3.8, 4) is 0 Å². The van der Waals surface area contributed by atoms with Gasteiger partial charge in [-0.15, -0.1) is 0 Å². The Bertz CT molecular complexity index is 184. The summed E-state index contributed by atoms with van der Waals surface area (Å²) in [4.78, 5) is 0. The Morgan fingerprint density at radius 1 is 1.00 bits per heavy atom. The summed E-state index contributed by atoms with van der Waals surface area (Å²) < 4.78 is 11.4. The molecular formula is C13H23BrO2. The first kappa shape index (κ1) is 12.8. The highest BCUT2D eigenvalue weighted by atomic mass is 79.9. The molecule has 16 heavy (non-hydrogen) atoms. The van der Waals surface area contributed by atoms with Gasteiger partial charge < -0.3 is 9.47 Å². The highest BCUT2D eigenvalue weighted by Gasteiger charge is 2.22. The molecule has 0 spiro atoms. The summed E-state index contributed by atoms with van der Waals surface area (Å²) in [7, 11) is 0. The smallest absolute Gasteiger partial charge is 0.157 e. The summed E-state index contributed by atoms with van der Waals surface area (Å²) in [5.74, 6) is 1.68. The predicted octanol–water partition coefficient (Wildman–Crippen LogP) is 3.73. The molecule has 1 saturated carbocycles. The van der Waals surface area contributed by atoms with Crippen LogP contribution in [0.2, 0.25) is 0 Å². The van der Waals surface area contributed by atoms with Crippen LogP contribution in [-0.2, 0) is 9.47 Å². The van der Waals surface area contributed by atoms with Crippen molar-refractivity contribution in [3.63, 3.8) is 0 Å². The number of halogens is 1. The lowest BCUT2D eigenvalue weighted by Gasteiger charge is -2.29. The minimum absolute atomic E-state index is 0.0997. The Morgan fingerprint density at radius 2 is 1.75 bits per heavy atom. The van der Waals surface area contributed by atoms with Crippen LogP contribution in [-0.4, -0.2) is 24.8 Å². The summed E-state index contributed by atoms with van der Waals surface area (Å²) in [5.41, 5.74) is 0. The van der Waals surface area contributed by atoms with Gasteiger partial charge in [0.1, 0.15) is 0 Å². The highest BCUT2D eigenvalue weighted by molar-refractivity contribution is 9.09. The van der Waals surface area contributed by atoms with E-state index in [4.69, 9.17) is 9.47 Å². The van der Waals surface area contributed by atoms with Crippen LogP contribution < -0.4 is 0 Å². The van der Waals surface area contributed by atoms with Crippen molar-refractivity contribution in [1.82, 2.24) is 0 Å². The maximum absolute atomic E-state index is 5.86. The van der Waals surface area contributed by atoms with E-state index in [-0.39, 0.29) is 6.29 Å². The van der Waals surface area contributed by atoms with Gasteiger partial charge in [0.15, 0.2) is 6.29 Å². The molecule has 0 bridgehead atoms. The molecule has 1 aliphatic heterocycles. The maximum atomic E-state index is 5.86. The second-order valence-electron chi connectivity index (χ2n) is 5.17. The number of rotatable bonds is 4. The van der Waals surface area contributed by atoms with Crippen molar-refractivity contribution in [2.75, 3.05) is 18.5 Å². The van der Waals surface area contributed by atoms with Gasteiger partial charge >= 0.3 is 0 Å². The van der Waals surface area contributed by atoms with Gasteiger partial charge in [-0.05, 0) is 56.8 Å². The highest BCUT2D eigenvalue weighted by Crippen LogP contribution is 2.30. The standard InChI is InChI=1S/C13H23BrO2/c14-9-11-4-6-12(7-5-11)10-16-13-3-1-2-8-15-13/h11-13H,1-10H2. The van der Waals surface area contributed by atoms with E-state index >= 15 is 0 Å².